The number of benzene rings is 5. The summed E-state index contributed by atoms with van der Waals surface area (Å²) in [7, 11) is -5.03. The first kappa shape index (κ1) is 44.7. The van der Waals surface area contributed by atoms with Crippen LogP contribution in [0.25, 0.3) is 22.5 Å². The molecule has 2 heterocycles. The number of hydrogen-bond acceptors (Lipinski definition) is 13. The van der Waals surface area contributed by atoms with Crippen LogP contribution in [0, 0.1) is 0 Å². The second-order valence-corrected chi connectivity index (χ2v) is 18.6. The highest BCUT2D eigenvalue weighted by molar-refractivity contribution is 7.94. The molecule has 1 aromatic heterocycles. The van der Waals surface area contributed by atoms with Gasteiger partial charge in [-0.3, -0.25) is 0 Å². The van der Waals surface area contributed by atoms with Gasteiger partial charge in [-0.1, -0.05) is 60.7 Å². The first-order chi connectivity index (χ1) is 30.7. The maximum absolute atomic E-state index is 16.0. The lowest BCUT2D eigenvalue weighted by atomic mass is 9.97. The van der Waals surface area contributed by atoms with Gasteiger partial charge in [0.05, 0.1) is 44.5 Å². The molecule has 1 aliphatic heterocycles. The van der Waals surface area contributed by atoms with Gasteiger partial charge >= 0.3 is 12.1 Å². The molecule has 21 heteroatoms. The fourth-order valence-electron chi connectivity index (χ4n) is 7.05. The molecule has 332 valence electrons. The van der Waals surface area contributed by atoms with E-state index in [1.807, 2.05) is 0 Å². The summed E-state index contributed by atoms with van der Waals surface area (Å²) in [4.78, 5) is 23.0. The molecule has 0 unspecified atom stereocenters. The molecule has 0 atom stereocenters. The lowest BCUT2D eigenvalue weighted by molar-refractivity contribution is 0.119. The molecule has 5 aromatic carbocycles. The van der Waals surface area contributed by atoms with Crippen molar-refractivity contribution in [3.8, 4) is 39.8 Å². The standard InChI is InChI=1S/C43H43N9O10S2/c1-60-33-13-7-28(8-14-33)23-51(24-29-9-15-34(61-2)16-10-29)64(58,59)40-38(63(56,57)36-26-50(27-36)43(54)55)20-19-37(32-6-4-5-31(21-32)22-45-47-42(44)53)39(40)41-46-48-49-52(41)25-30-11-17-35(62-3)18-12-30/h4-22,36H,23-27H2,1-3H3,(H,54,55)(H3,44,47,53)/b45-22+. The van der Waals surface area contributed by atoms with Gasteiger partial charge < -0.3 is 30.0 Å². The number of aromatic nitrogens is 4. The number of urea groups is 1. The zero-order valence-electron chi connectivity index (χ0n) is 34.7. The van der Waals surface area contributed by atoms with E-state index in [-0.39, 0.29) is 49.7 Å². The van der Waals surface area contributed by atoms with Gasteiger partial charge in [-0.05, 0) is 92.3 Å². The van der Waals surface area contributed by atoms with Crippen molar-refractivity contribution in [2.24, 2.45) is 10.8 Å². The van der Waals surface area contributed by atoms with Crippen LogP contribution in [0.15, 0.2) is 124 Å². The molecule has 0 spiro atoms. The summed E-state index contributed by atoms with van der Waals surface area (Å²) in [6.07, 6.45) is 0.0154. The van der Waals surface area contributed by atoms with Gasteiger partial charge in [0.15, 0.2) is 15.7 Å². The van der Waals surface area contributed by atoms with E-state index in [0.29, 0.717) is 45.1 Å². The van der Waals surface area contributed by atoms with E-state index < -0.39 is 47.0 Å². The summed E-state index contributed by atoms with van der Waals surface area (Å²) in [6, 6.07) is 29.1. The molecular weight excluding hydrogens is 867 g/mol. The number of tetrazole rings is 1. The van der Waals surface area contributed by atoms with Crippen molar-refractivity contribution in [2.45, 2.75) is 34.7 Å². The van der Waals surface area contributed by atoms with Crippen LogP contribution < -0.4 is 25.4 Å². The third kappa shape index (κ3) is 9.65. The summed E-state index contributed by atoms with van der Waals surface area (Å²) in [5.41, 5.74) is 10.1. The third-order valence-corrected chi connectivity index (χ3v) is 14.6. The molecule has 0 aliphatic carbocycles. The molecule has 7 rings (SSSR count). The summed E-state index contributed by atoms with van der Waals surface area (Å²) < 4.78 is 80.4. The number of amides is 3. The van der Waals surface area contributed by atoms with Gasteiger partial charge in [-0.25, -0.2) is 36.5 Å². The number of nitrogens with two attached hydrogens (primary N) is 1. The SMILES string of the molecule is COc1ccc(CN(Cc2ccc(OC)cc2)S(=O)(=O)c2c(S(=O)(=O)C3CN(C(=O)O)C3)ccc(-c3cccc(/C=N/NC(N)=O)c3)c2-c2nnnn2Cc2ccc(OC)cc2)cc1. The molecule has 0 bridgehead atoms. The number of hydrogen-bond donors (Lipinski definition) is 3. The molecule has 1 saturated heterocycles. The van der Waals surface area contributed by atoms with Crippen molar-refractivity contribution < 1.29 is 45.7 Å². The second-order valence-electron chi connectivity index (χ2n) is 14.5. The summed E-state index contributed by atoms with van der Waals surface area (Å²) >= 11 is 0. The van der Waals surface area contributed by atoms with Crippen molar-refractivity contribution in [3.63, 3.8) is 0 Å². The number of sulfone groups is 1. The Balaban J connectivity index is 1.51. The smallest absolute Gasteiger partial charge is 0.407 e. The average Bonchev–Trinajstić information content (AvgIpc) is 3.73. The predicted octanol–water partition coefficient (Wildman–Crippen LogP) is 4.61. The Kier molecular flexibility index (Phi) is 13.2. The Labute approximate surface area is 368 Å². The molecule has 3 amide bonds. The van der Waals surface area contributed by atoms with Crippen molar-refractivity contribution in [1.82, 2.24) is 34.8 Å². The number of ether oxygens (including phenoxy) is 3. The predicted molar refractivity (Wildman–Crippen MR) is 234 cm³/mol. The Morgan fingerprint density at radius 1 is 0.828 bits per heavy atom. The van der Waals surface area contributed by atoms with Gasteiger partial charge in [-0.15, -0.1) is 5.10 Å². The van der Waals surface area contributed by atoms with Crippen LogP contribution in [0.4, 0.5) is 9.59 Å². The molecular formula is C43H43N9O10S2. The largest absolute Gasteiger partial charge is 0.497 e. The van der Waals surface area contributed by atoms with E-state index >= 15 is 8.42 Å². The number of rotatable bonds is 17. The number of primary amides is 1. The molecule has 19 nitrogen and oxygen atoms in total. The van der Waals surface area contributed by atoms with E-state index in [4.69, 9.17) is 19.9 Å². The summed E-state index contributed by atoms with van der Waals surface area (Å²) in [5, 5.41) is 24.8. The van der Waals surface area contributed by atoms with Crippen LogP contribution in [-0.2, 0) is 39.5 Å². The van der Waals surface area contributed by atoms with Gasteiger partial charge in [-0.2, -0.15) is 9.41 Å². The number of carbonyl (C=O) groups excluding carboxylic acids is 1. The fourth-order valence-corrected chi connectivity index (χ4v) is 11.1. The topological polar surface area (TPSA) is 251 Å². The molecule has 64 heavy (non-hydrogen) atoms. The van der Waals surface area contributed by atoms with E-state index in [1.54, 1.807) is 97.1 Å². The maximum atomic E-state index is 16.0. The Hall–Kier alpha value is -7.36. The average molecular weight is 910 g/mol. The highest BCUT2D eigenvalue weighted by Gasteiger charge is 2.45. The molecule has 1 fully saturated rings. The minimum atomic E-state index is -4.96. The first-order valence-electron chi connectivity index (χ1n) is 19.4. The normalized spacial score (nSPS) is 13.2. The quantitative estimate of drug-likeness (QED) is 0.0837. The number of likely N-dealkylation sites (tertiary alicyclic amines) is 1. The Bertz CT molecular complexity index is 2850. The number of methoxy groups -OCH3 is 3. The van der Waals surface area contributed by atoms with Gasteiger partial charge in [0.25, 0.3) is 0 Å². The van der Waals surface area contributed by atoms with Crippen molar-refractivity contribution in [1.29, 1.82) is 0 Å². The number of hydrazone groups is 1. The number of carboxylic acid groups (broad SMARTS) is 1. The lowest BCUT2D eigenvalue weighted by Gasteiger charge is -2.37. The fraction of sp³-hybridized carbons (Fsp3) is 0.209. The number of carbonyl (C=O) groups is 2. The third-order valence-electron chi connectivity index (χ3n) is 10.5. The summed E-state index contributed by atoms with van der Waals surface area (Å²) in [5.74, 6) is 1.57. The molecule has 6 aromatic rings. The van der Waals surface area contributed by atoms with Crippen LogP contribution in [0.2, 0.25) is 0 Å². The number of nitrogens with zero attached hydrogens (tertiary/aromatic N) is 7. The van der Waals surface area contributed by atoms with Crippen molar-refractivity contribution >= 4 is 38.2 Å². The zero-order valence-corrected chi connectivity index (χ0v) is 36.4. The van der Waals surface area contributed by atoms with Gasteiger partial charge in [0.1, 0.15) is 27.4 Å². The number of sulfonamides is 1. The van der Waals surface area contributed by atoms with Gasteiger partial charge in [0, 0.05) is 26.2 Å². The van der Waals surface area contributed by atoms with E-state index in [0.717, 1.165) is 4.90 Å². The van der Waals surface area contributed by atoms with E-state index in [9.17, 15) is 23.1 Å². The van der Waals surface area contributed by atoms with Gasteiger partial charge in [0.2, 0.25) is 10.0 Å². The molecule has 0 saturated carbocycles. The number of nitrogens with one attached hydrogen (secondary N) is 1. The zero-order chi connectivity index (χ0) is 45.6. The van der Waals surface area contributed by atoms with E-state index in [2.05, 4.69) is 26.1 Å². The highest BCUT2D eigenvalue weighted by Crippen LogP contribution is 2.43. The minimum Gasteiger partial charge on any atom is -0.497 e. The Morgan fingerprint density at radius 3 is 1.92 bits per heavy atom. The van der Waals surface area contributed by atoms with Crippen molar-refractivity contribution in [3.05, 3.63) is 131 Å². The molecule has 0 radical (unpaired) electrons. The van der Waals surface area contributed by atoms with E-state index in [1.165, 1.54) is 48.7 Å². The first-order valence-corrected chi connectivity index (χ1v) is 22.4. The maximum Gasteiger partial charge on any atom is 0.407 e. The monoisotopic (exact) mass is 909 g/mol. The Morgan fingerprint density at radius 2 is 1.39 bits per heavy atom. The highest BCUT2D eigenvalue weighted by atomic mass is 32.2. The van der Waals surface area contributed by atoms with Crippen LogP contribution in [-0.4, -0.2) is 109 Å². The lowest BCUT2D eigenvalue weighted by Crippen LogP contribution is -2.56. The second kappa shape index (κ2) is 18.9. The molecule has 1 aliphatic rings. The van der Waals surface area contributed by atoms with Crippen LogP contribution >= 0.6 is 0 Å². The van der Waals surface area contributed by atoms with Crippen LogP contribution in [0.1, 0.15) is 22.3 Å². The van der Waals surface area contributed by atoms with Crippen LogP contribution in [0.5, 0.6) is 17.2 Å². The minimum absolute atomic E-state index is 0.0192. The molecule has 4 N–H and O–H groups in total. The summed E-state index contributed by atoms with van der Waals surface area (Å²) in [6.45, 7) is -1.21. The van der Waals surface area contributed by atoms with Crippen molar-refractivity contribution in [2.75, 3.05) is 34.4 Å². The van der Waals surface area contributed by atoms with Crippen LogP contribution in [0.3, 0.4) is 0 Å².